The first kappa shape index (κ1) is 17.3. The number of aromatic hydroxyl groups is 2. The van der Waals surface area contributed by atoms with Crippen molar-refractivity contribution in [1.29, 1.82) is 0 Å². The molecule has 1 unspecified atom stereocenters. The molecule has 2 aromatic carbocycles. The monoisotopic (exact) mass is 324 g/mol. The summed E-state index contributed by atoms with van der Waals surface area (Å²) in [7, 11) is 1.50. The standard InChI is InChI=1S/C20H20O4/c1-4-13(2)17-11-15(20(24-3)12-19(17)23)7-10-18(22)14-5-8-16(21)9-6-14/h4-13,21,23H,1H2,2-3H3/b10-7+. The molecule has 0 aliphatic carbocycles. The number of methoxy groups -OCH3 is 1. The number of benzene rings is 2. The van der Waals surface area contributed by atoms with Crippen LogP contribution in [0.25, 0.3) is 6.08 Å². The quantitative estimate of drug-likeness (QED) is 0.472. The van der Waals surface area contributed by atoms with Gasteiger partial charge in [-0.15, -0.1) is 6.58 Å². The van der Waals surface area contributed by atoms with Gasteiger partial charge in [0.15, 0.2) is 5.78 Å². The number of hydrogen-bond donors (Lipinski definition) is 2. The highest BCUT2D eigenvalue weighted by Gasteiger charge is 2.12. The van der Waals surface area contributed by atoms with Crippen LogP contribution in [0.1, 0.15) is 34.3 Å². The molecule has 0 saturated heterocycles. The fourth-order valence-corrected chi connectivity index (χ4v) is 2.29. The molecule has 0 bridgehead atoms. The van der Waals surface area contributed by atoms with E-state index < -0.39 is 0 Å². The maximum absolute atomic E-state index is 12.2. The predicted molar refractivity (Wildman–Crippen MR) is 94.7 cm³/mol. The average molecular weight is 324 g/mol. The Morgan fingerprint density at radius 1 is 1.21 bits per heavy atom. The summed E-state index contributed by atoms with van der Waals surface area (Å²) in [4.78, 5) is 12.2. The molecule has 0 amide bonds. The van der Waals surface area contributed by atoms with Crippen molar-refractivity contribution in [2.75, 3.05) is 7.11 Å². The van der Waals surface area contributed by atoms with Gasteiger partial charge in [-0.25, -0.2) is 0 Å². The summed E-state index contributed by atoms with van der Waals surface area (Å²) >= 11 is 0. The largest absolute Gasteiger partial charge is 0.508 e. The molecule has 0 spiro atoms. The first-order valence-electron chi connectivity index (χ1n) is 7.51. The number of phenols is 2. The Morgan fingerprint density at radius 3 is 2.46 bits per heavy atom. The van der Waals surface area contributed by atoms with E-state index in [0.717, 1.165) is 0 Å². The summed E-state index contributed by atoms with van der Waals surface area (Å²) in [5.41, 5.74) is 1.87. The third-order valence-electron chi connectivity index (χ3n) is 3.79. The Bertz CT molecular complexity index is 773. The van der Waals surface area contributed by atoms with Crippen LogP contribution < -0.4 is 4.74 Å². The number of phenolic OH excluding ortho intramolecular Hbond substituents is 2. The Morgan fingerprint density at radius 2 is 1.88 bits per heavy atom. The van der Waals surface area contributed by atoms with Gasteiger partial charge in [0.25, 0.3) is 0 Å². The minimum absolute atomic E-state index is 0.0316. The van der Waals surface area contributed by atoms with Crippen LogP contribution in [0.2, 0.25) is 0 Å². The van der Waals surface area contributed by atoms with Gasteiger partial charge in [0.2, 0.25) is 0 Å². The number of hydrogen-bond acceptors (Lipinski definition) is 4. The first-order chi connectivity index (χ1) is 11.5. The average Bonchev–Trinajstić information content (AvgIpc) is 2.59. The van der Waals surface area contributed by atoms with E-state index in [1.54, 1.807) is 30.4 Å². The number of carbonyl (C=O) groups is 1. The Labute approximate surface area is 141 Å². The molecule has 2 aromatic rings. The predicted octanol–water partition coefficient (Wildman–Crippen LogP) is 4.29. The highest BCUT2D eigenvalue weighted by molar-refractivity contribution is 6.07. The van der Waals surface area contributed by atoms with Crippen molar-refractivity contribution in [3.05, 3.63) is 71.8 Å². The lowest BCUT2D eigenvalue weighted by Crippen LogP contribution is -1.96. The topological polar surface area (TPSA) is 66.8 Å². The van der Waals surface area contributed by atoms with Gasteiger partial charge in [-0.1, -0.05) is 13.0 Å². The SMILES string of the molecule is C=CC(C)c1cc(/C=C/C(=O)c2ccc(O)cc2)c(OC)cc1O. The van der Waals surface area contributed by atoms with Crippen LogP contribution in [-0.4, -0.2) is 23.1 Å². The molecule has 2 rings (SSSR count). The molecule has 0 aliphatic rings. The highest BCUT2D eigenvalue weighted by atomic mass is 16.5. The molecule has 4 heteroatoms. The third kappa shape index (κ3) is 3.84. The van der Waals surface area contributed by atoms with E-state index in [1.165, 1.54) is 31.4 Å². The second-order valence-electron chi connectivity index (χ2n) is 5.42. The fraction of sp³-hybridized carbons (Fsp3) is 0.150. The molecule has 0 radical (unpaired) electrons. The second kappa shape index (κ2) is 7.51. The van der Waals surface area contributed by atoms with Crippen LogP contribution >= 0.6 is 0 Å². The molecule has 0 fully saturated rings. The van der Waals surface area contributed by atoms with Crippen LogP contribution in [0.5, 0.6) is 17.2 Å². The van der Waals surface area contributed by atoms with E-state index in [4.69, 9.17) is 4.74 Å². The van der Waals surface area contributed by atoms with Gasteiger partial charge in [-0.2, -0.15) is 0 Å². The Hall–Kier alpha value is -3.01. The van der Waals surface area contributed by atoms with Crippen LogP contribution in [0.3, 0.4) is 0 Å². The number of carbonyl (C=O) groups excluding carboxylic acids is 1. The molecule has 0 saturated carbocycles. The van der Waals surface area contributed by atoms with Crippen molar-refractivity contribution in [3.8, 4) is 17.2 Å². The summed E-state index contributed by atoms with van der Waals surface area (Å²) < 4.78 is 5.27. The first-order valence-corrected chi connectivity index (χ1v) is 7.51. The smallest absolute Gasteiger partial charge is 0.185 e. The van der Waals surface area contributed by atoms with E-state index in [-0.39, 0.29) is 23.2 Å². The minimum Gasteiger partial charge on any atom is -0.508 e. The highest BCUT2D eigenvalue weighted by Crippen LogP contribution is 2.34. The number of rotatable bonds is 6. The molecule has 124 valence electrons. The van der Waals surface area contributed by atoms with Crippen molar-refractivity contribution in [3.63, 3.8) is 0 Å². The molecule has 0 aliphatic heterocycles. The molecule has 1 atom stereocenters. The van der Waals surface area contributed by atoms with E-state index in [1.807, 2.05) is 6.92 Å². The normalized spacial score (nSPS) is 12.1. The van der Waals surface area contributed by atoms with Crippen LogP contribution in [0.15, 0.2) is 55.1 Å². The lowest BCUT2D eigenvalue weighted by Gasteiger charge is -2.13. The zero-order valence-corrected chi connectivity index (χ0v) is 13.7. The number of allylic oxidation sites excluding steroid dienone is 2. The van der Waals surface area contributed by atoms with Gasteiger partial charge < -0.3 is 14.9 Å². The van der Waals surface area contributed by atoms with Crippen LogP contribution in [0.4, 0.5) is 0 Å². The summed E-state index contributed by atoms with van der Waals surface area (Å²) in [6.07, 6.45) is 4.81. The lowest BCUT2D eigenvalue weighted by molar-refractivity contribution is 0.104. The van der Waals surface area contributed by atoms with Gasteiger partial charge in [-0.05, 0) is 42.5 Å². The minimum atomic E-state index is -0.191. The lowest BCUT2D eigenvalue weighted by atomic mass is 9.97. The second-order valence-corrected chi connectivity index (χ2v) is 5.42. The molecule has 24 heavy (non-hydrogen) atoms. The summed E-state index contributed by atoms with van der Waals surface area (Å²) in [6, 6.07) is 9.35. The Balaban J connectivity index is 2.34. The zero-order chi connectivity index (χ0) is 17.7. The molecule has 4 nitrogen and oxygen atoms in total. The third-order valence-corrected chi connectivity index (χ3v) is 3.79. The van der Waals surface area contributed by atoms with Crippen molar-refractivity contribution >= 4 is 11.9 Å². The van der Waals surface area contributed by atoms with Crippen molar-refractivity contribution in [2.45, 2.75) is 12.8 Å². The van der Waals surface area contributed by atoms with Crippen molar-refractivity contribution in [2.24, 2.45) is 0 Å². The van der Waals surface area contributed by atoms with Crippen LogP contribution in [-0.2, 0) is 0 Å². The number of ether oxygens (including phenoxy) is 1. The van der Waals surface area contributed by atoms with E-state index in [0.29, 0.717) is 22.4 Å². The molecule has 2 N–H and O–H groups in total. The van der Waals surface area contributed by atoms with E-state index >= 15 is 0 Å². The maximum Gasteiger partial charge on any atom is 0.185 e. The van der Waals surface area contributed by atoms with Gasteiger partial charge in [0.1, 0.15) is 17.2 Å². The van der Waals surface area contributed by atoms with Gasteiger partial charge in [0.05, 0.1) is 7.11 Å². The molecule has 0 aromatic heterocycles. The van der Waals surface area contributed by atoms with Gasteiger partial charge in [-0.3, -0.25) is 4.79 Å². The molecule has 0 heterocycles. The Kier molecular flexibility index (Phi) is 5.42. The summed E-state index contributed by atoms with van der Waals surface area (Å²) in [5.74, 6) is 0.488. The van der Waals surface area contributed by atoms with E-state index in [2.05, 4.69) is 6.58 Å². The zero-order valence-electron chi connectivity index (χ0n) is 13.7. The van der Waals surface area contributed by atoms with Crippen molar-refractivity contribution < 1.29 is 19.7 Å². The summed E-state index contributed by atoms with van der Waals surface area (Å²) in [6.45, 7) is 5.66. The summed E-state index contributed by atoms with van der Waals surface area (Å²) in [5, 5.41) is 19.4. The van der Waals surface area contributed by atoms with E-state index in [9.17, 15) is 15.0 Å². The van der Waals surface area contributed by atoms with Crippen LogP contribution in [0, 0.1) is 0 Å². The molecular weight excluding hydrogens is 304 g/mol. The number of ketones is 1. The van der Waals surface area contributed by atoms with Gasteiger partial charge in [0, 0.05) is 28.7 Å². The fourth-order valence-electron chi connectivity index (χ4n) is 2.29. The maximum atomic E-state index is 12.2. The van der Waals surface area contributed by atoms with Gasteiger partial charge >= 0.3 is 0 Å². The molecular formula is C20H20O4. The van der Waals surface area contributed by atoms with Crippen molar-refractivity contribution in [1.82, 2.24) is 0 Å².